The Hall–Kier alpha value is -1.91. The minimum Gasteiger partial charge on any atom is -0.480 e. The summed E-state index contributed by atoms with van der Waals surface area (Å²) in [4.78, 5) is 27.4. The number of nitrogens with zero attached hydrogens (tertiary/aromatic N) is 1. The van der Waals surface area contributed by atoms with Gasteiger partial charge >= 0.3 is 5.97 Å². The number of carbonyl (C=O) groups is 2. The molecule has 19 heavy (non-hydrogen) atoms. The molecule has 0 radical (unpaired) electrons. The van der Waals surface area contributed by atoms with Crippen LogP contribution in [0.3, 0.4) is 0 Å². The zero-order valence-electron chi connectivity index (χ0n) is 11.1. The third-order valence-electron chi connectivity index (χ3n) is 3.26. The number of pyridine rings is 1. The third-order valence-corrected chi connectivity index (χ3v) is 3.26. The largest absolute Gasteiger partial charge is 0.480 e. The summed E-state index contributed by atoms with van der Waals surface area (Å²) in [5.41, 5.74) is 1.40. The fraction of sp³-hybridized carbons (Fsp3) is 0.500. The quantitative estimate of drug-likeness (QED) is 0.848. The number of carboxylic acids is 1. The van der Waals surface area contributed by atoms with Crippen LogP contribution in [0.5, 0.6) is 0 Å². The minimum atomic E-state index is -1.01. The smallest absolute Gasteiger partial charge is 0.326 e. The number of hydrogen-bond donors (Lipinski definition) is 2. The number of hydrogen-bond acceptors (Lipinski definition) is 3. The van der Waals surface area contributed by atoms with E-state index in [4.69, 9.17) is 5.11 Å². The molecule has 0 bridgehead atoms. The van der Waals surface area contributed by atoms with E-state index in [1.54, 1.807) is 32.2 Å². The van der Waals surface area contributed by atoms with Crippen molar-refractivity contribution in [2.45, 2.75) is 38.6 Å². The molecule has 5 nitrogen and oxygen atoms in total. The lowest BCUT2D eigenvalue weighted by Gasteiger charge is -2.18. The van der Waals surface area contributed by atoms with Crippen molar-refractivity contribution in [3.05, 3.63) is 29.6 Å². The molecule has 1 heterocycles. The molecule has 1 aliphatic carbocycles. The van der Waals surface area contributed by atoms with E-state index in [-0.39, 0.29) is 11.8 Å². The number of nitrogens with one attached hydrogen (secondary N) is 1. The van der Waals surface area contributed by atoms with Crippen molar-refractivity contribution in [1.82, 2.24) is 10.3 Å². The highest BCUT2D eigenvalue weighted by Crippen LogP contribution is 2.38. The number of carboxylic acid groups (broad SMARTS) is 1. The average molecular weight is 262 g/mol. The van der Waals surface area contributed by atoms with Crippen LogP contribution in [0, 0.1) is 5.92 Å². The minimum absolute atomic E-state index is 0.161. The van der Waals surface area contributed by atoms with Gasteiger partial charge in [0, 0.05) is 23.4 Å². The Morgan fingerprint density at radius 3 is 2.63 bits per heavy atom. The Labute approximate surface area is 112 Å². The highest BCUT2D eigenvalue weighted by atomic mass is 16.4. The summed E-state index contributed by atoms with van der Waals surface area (Å²) in [5, 5.41) is 11.6. The van der Waals surface area contributed by atoms with Crippen molar-refractivity contribution >= 4 is 11.9 Å². The molecule has 2 N–H and O–H groups in total. The van der Waals surface area contributed by atoms with Crippen molar-refractivity contribution < 1.29 is 14.7 Å². The lowest BCUT2D eigenvalue weighted by molar-refractivity contribution is -0.140. The fourth-order valence-corrected chi connectivity index (χ4v) is 1.93. The monoisotopic (exact) mass is 262 g/mol. The summed E-state index contributed by atoms with van der Waals surface area (Å²) in [6, 6.07) is 2.50. The molecule has 1 fully saturated rings. The summed E-state index contributed by atoms with van der Waals surface area (Å²) in [7, 11) is 0. The molecule has 1 aromatic rings. The number of amides is 1. The van der Waals surface area contributed by atoms with Gasteiger partial charge in [0.1, 0.15) is 6.04 Å². The van der Waals surface area contributed by atoms with Crippen molar-refractivity contribution in [2.24, 2.45) is 5.92 Å². The Morgan fingerprint density at radius 2 is 2.11 bits per heavy atom. The van der Waals surface area contributed by atoms with Crippen molar-refractivity contribution in [1.29, 1.82) is 0 Å². The van der Waals surface area contributed by atoms with E-state index in [9.17, 15) is 9.59 Å². The molecule has 0 aromatic carbocycles. The van der Waals surface area contributed by atoms with Crippen LogP contribution in [-0.2, 0) is 4.79 Å². The van der Waals surface area contributed by atoms with Gasteiger partial charge in [-0.25, -0.2) is 4.79 Å². The Kier molecular flexibility index (Phi) is 3.83. The normalized spacial score (nSPS) is 16.2. The summed E-state index contributed by atoms with van der Waals surface area (Å²) >= 11 is 0. The summed E-state index contributed by atoms with van der Waals surface area (Å²) < 4.78 is 0. The van der Waals surface area contributed by atoms with Gasteiger partial charge in [0.05, 0.1) is 0 Å². The van der Waals surface area contributed by atoms with Crippen LogP contribution in [-0.4, -0.2) is 28.0 Å². The van der Waals surface area contributed by atoms with Gasteiger partial charge in [-0.05, 0) is 30.9 Å². The average Bonchev–Trinajstić information content (AvgIpc) is 3.19. The highest BCUT2D eigenvalue weighted by Gasteiger charge is 2.27. The third kappa shape index (κ3) is 3.30. The van der Waals surface area contributed by atoms with Crippen molar-refractivity contribution in [2.75, 3.05) is 0 Å². The van der Waals surface area contributed by atoms with E-state index in [1.807, 2.05) is 0 Å². The van der Waals surface area contributed by atoms with E-state index < -0.39 is 12.0 Å². The Balaban J connectivity index is 2.10. The highest BCUT2D eigenvalue weighted by molar-refractivity contribution is 5.96. The van der Waals surface area contributed by atoms with Crippen molar-refractivity contribution in [3.8, 4) is 0 Å². The van der Waals surface area contributed by atoms with Gasteiger partial charge in [-0.15, -0.1) is 0 Å². The van der Waals surface area contributed by atoms with Gasteiger partial charge in [-0.2, -0.15) is 0 Å². The van der Waals surface area contributed by atoms with Gasteiger partial charge in [0.15, 0.2) is 0 Å². The summed E-state index contributed by atoms with van der Waals surface area (Å²) in [6.07, 6.45) is 3.83. The molecule has 0 aliphatic heterocycles. The Bertz CT molecular complexity index is 495. The maximum Gasteiger partial charge on any atom is 0.326 e. The van der Waals surface area contributed by atoms with Crippen LogP contribution in [0.4, 0.5) is 0 Å². The first-order valence-corrected chi connectivity index (χ1v) is 6.48. The molecule has 0 unspecified atom stereocenters. The van der Waals surface area contributed by atoms with Crippen molar-refractivity contribution in [3.63, 3.8) is 0 Å². The lowest BCUT2D eigenvalue weighted by atomic mass is 10.0. The van der Waals surface area contributed by atoms with E-state index in [2.05, 4.69) is 10.3 Å². The maximum atomic E-state index is 12.1. The zero-order chi connectivity index (χ0) is 14.0. The van der Waals surface area contributed by atoms with E-state index in [1.165, 1.54) is 0 Å². The van der Waals surface area contributed by atoms with Gasteiger partial charge < -0.3 is 10.4 Å². The van der Waals surface area contributed by atoms with Crippen LogP contribution >= 0.6 is 0 Å². The molecule has 1 aromatic heterocycles. The van der Waals surface area contributed by atoms with Crippen LogP contribution in [0.15, 0.2) is 18.3 Å². The van der Waals surface area contributed by atoms with Crippen LogP contribution < -0.4 is 5.32 Å². The molecular formula is C14H18N2O3. The topological polar surface area (TPSA) is 79.3 Å². The molecule has 0 saturated heterocycles. The molecule has 2 rings (SSSR count). The van der Waals surface area contributed by atoms with Gasteiger partial charge in [0.2, 0.25) is 0 Å². The Morgan fingerprint density at radius 1 is 1.42 bits per heavy atom. The van der Waals surface area contributed by atoms with Gasteiger partial charge in [-0.1, -0.05) is 13.8 Å². The van der Waals surface area contributed by atoms with Gasteiger partial charge in [-0.3, -0.25) is 9.78 Å². The maximum absolute atomic E-state index is 12.1. The van der Waals surface area contributed by atoms with E-state index >= 15 is 0 Å². The number of aliphatic carboxylic acids is 1. The molecule has 102 valence electrons. The van der Waals surface area contributed by atoms with Crippen LogP contribution in [0.1, 0.15) is 48.7 Å². The molecule has 1 saturated carbocycles. The standard InChI is InChI=1S/C14H18N2O3/c1-8(2)12(14(18)19)16-13(17)10-5-6-15-11(7-10)9-3-4-9/h5-9,12H,3-4H2,1-2H3,(H,16,17)(H,18,19)/t12-/m0/s1. The van der Waals surface area contributed by atoms with Gasteiger partial charge in [0.25, 0.3) is 5.91 Å². The molecule has 1 amide bonds. The molecule has 5 heteroatoms. The predicted octanol–water partition coefficient (Wildman–Crippen LogP) is 1.80. The first kappa shape index (κ1) is 13.5. The predicted molar refractivity (Wildman–Crippen MR) is 69.9 cm³/mol. The molecular weight excluding hydrogens is 244 g/mol. The second-order valence-electron chi connectivity index (χ2n) is 5.28. The molecule has 1 atom stereocenters. The van der Waals surface area contributed by atoms with Crippen LogP contribution in [0.25, 0.3) is 0 Å². The first-order chi connectivity index (χ1) is 8.99. The first-order valence-electron chi connectivity index (χ1n) is 6.48. The molecule has 0 spiro atoms. The fourth-order valence-electron chi connectivity index (χ4n) is 1.93. The summed E-state index contributed by atoms with van der Waals surface area (Å²) in [5.74, 6) is -1.07. The number of rotatable bonds is 5. The zero-order valence-corrected chi connectivity index (χ0v) is 11.1. The second-order valence-corrected chi connectivity index (χ2v) is 5.28. The summed E-state index contributed by atoms with van der Waals surface area (Å²) in [6.45, 7) is 3.53. The SMILES string of the molecule is CC(C)[C@H](NC(=O)c1ccnc(C2CC2)c1)C(=O)O. The second kappa shape index (κ2) is 5.38. The number of carbonyl (C=O) groups excluding carboxylic acids is 1. The van der Waals surface area contributed by atoms with E-state index in [0.29, 0.717) is 11.5 Å². The lowest BCUT2D eigenvalue weighted by Crippen LogP contribution is -2.44. The number of aromatic nitrogens is 1. The van der Waals surface area contributed by atoms with E-state index in [0.717, 1.165) is 18.5 Å². The van der Waals surface area contributed by atoms with Crippen LogP contribution in [0.2, 0.25) is 0 Å². The molecule has 1 aliphatic rings.